The first-order chi connectivity index (χ1) is 16.4. The highest BCUT2D eigenvalue weighted by Gasteiger charge is 2.24. The second-order valence-corrected chi connectivity index (χ2v) is 8.77. The van der Waals surface area contributed by atoms with Crippen LogP contribution in [0.2, 0.25) is 10.0 Å². The number of hydrogen-bond acceptors (Lipinski definition) is 5. The van der Waals surface area contributed by atoms with Crippen molar-refractivity contribution in [2.75, 3.05) is 19.9 Å². The molecule has 0 unspecified atom stereocenters. The van der Waals surface area contributed by atoms with Gasteiger partial charge in [-0.3, -0.25) is 9.59 Å². The summed E-state index contributed by atoms with van der Waals surface area (Å²) in [5.74, 6) is 1.43. The van der Waals surface area contributed by atoms with Gasteiger partial charge in [0.05, 0.1) is 12.8 Å². The van der Waals surface area contributed by atoms with Gasteiger partial charge in [0.15, 0.2) is 11.5 Å². The van der Waals surface area contributed by atoms with Crippen LogP contribution >= 0.6 is 23.2 Å². The van der Waals surface area contributed by atoms with Crippen LogP contribution in [0.1, 0.15) is 35.0 Å². The lowest BCUT2D eigenvalue weighted by Gasteiger charge is -2.27. The molecule has 1 aliphatic heterocycles. The van der Waals surface area contributed by atoms with Gasteiger partial charge in [-0.05, 0) is 54.4 Å². The Labute approximate surface area is 207 Å². The fourth-order valence-corrected chi connectivity index (χ4v) is 4.25. The van der Waals surface area contributed by atoms with Crippen LogP contribution in [0.25, 0.3) is 0 Å². The lowest BCUT2D eigenvalue weighted by molar-refractivity contribution is -0.133. The number of nitrogens with zero attached hydrogens (tertiary/aromatic N) is 2. The normalized spacial score (nSPS) is 12.0. The maximum Gasteiger partial charge on any atom is 0.254 e. The number of benzene rings is 2. The van der Waals surface area contributed by atoms with Crippen LogP contribution in [0.4, 0.5) is 0 Å². The molecule has 3 aromatic rings. The second kappa shape index (κ2) is 10.8. The Morgan fingerprint density at radius 2 is 1.71 bits per heavy atom. The number of carbonyl (C=O) groups excluding carboxylic acids is 2. The van der Waals surface area contributed by atoms with E-state index in [1.165, 1.54) is 4.90 Å². The molecule has 0 bridgehead atoms. The highest BCUT2D eigenvalue weighted by Crippen LogP contribution is 2.33. The lowest BCUT2D eigenvalue weighted by Crippen LogP contribution is -2.42. The summed E-state index contributed by atoms with van der Waals surface area (Å²) in [5.41, 5.74) is 1.21. The molecule has 4 rings (SSSR count). The highest BCUT2D eigenvalue weighted by atomic mass is 35.5. The molecule has 0 aliphatic carbocycles. The van der Waals surface area contributed by atoms with Gasteiger partial charge in [0.1, 0.15) is 12.3 Å². The summed E-state index contributed by atoms with van der Waals surface area (Å²) in [7, 11) is 0. The topological polar surface area (TPSA) is 72.2 Å². The number of fused-ring (bicyclic) bond motifs is 1. The van der Waals surface area contributed by atoms with Gasteiger partial charge >= 0.3 is 0 Å². The molecular formula is C25H24Cl2N2O5. The van der Waals surface area contributed by atoms with Gasteiger partial charge < -0.3 is 23.7 Å². The first kappa shape index (κ1) is 24.0. The summed E-state index contributed by atoms with van der Waals surface area (Å²) in [6.07, 6.45) is 2.25. The Hall–Kier alpha value is -3.16. The van der Waals surface area contributed by atoms with Crippen LogP contribution in [-0.4, -0.2) is 41.5 Å². The van der Waals surface area contributed by atoms with Gasteiger partial charge in [-0.15, -0.1) is 0 Å². The highest BCUT2D eigenvalue weighted by molar-refractivity contribution is 6.35. The van der Waals surface area contributed by atoms with Crippen molar-refractivity contribution in [3.05, 3.63) is 81.7 Å². The number of amides is 2. The molecule has 0 saturated carbocycles. The Balaban J connectivity index is 1.54. The lowest BCUT2D eigenvalue weighted by atomic mass is 10.1. The van der Waals surface area contributed by atoms with E-state index in [1.807, 2.05) is 31.2 Å². The van der Waals surface area contributed by atoms with Crippen molar-refractivity contribution in [3.63, 3.8) is 0 Å². The van der Waals surface area contributed by atoms with Crippen LogP contribution in [0.3, 0.4) is 0 Å². The fourth-order valence-electron chi connectivity index (χ4n) is 3.73. The molecule has 2 amide bonds. The zero-order valence-electron chi connectivity index (χ0n) is 18.6. The summed E-state index contributed by atoms with van der Waals surface area (Å²) < 4.78 is 16.3. The largest absolute Gasteiger partial charge is 0.467 e. The van der Waals surface area contributed by atoms with Gasteiger partial charge in [-0.1, -0.05) is 36.2 Å². The molecule has 2 heterocycles. The third-order valence-electron chi connectivity index (χ3n) is 5.31. The van der Waals surface area contributed by atoms with Crippen molar-refractivity contribution >= 4 is 35.0 Å². The Bertz CT molecular complexity index is 1150. The molecule has 0 atom stereocenters. The fraction of sp³-hybridized carbons (Fsp3) is 0.280. The summed E-state index contributed by atoms with van der Waals surface area (Å²) >= 11 is 12.2. The van der Waals surface area contributed by atoms with E-state index >= 15 is 0 Å². The van der Waals surface area contributed by atoms with E-state index in [1.54, 1.807) is 35.4 Å². The summed E-state index contributed by atoms with van der Waals surface area (Å²) in [4.78, 5) is 29.8. The van der Waals surface area contributed by atoms with Crippen LogP contribution in [-0.2, 0) is 17.9 Å². The number of halogens is 2. The van der Waals surface area contributed by atoms with E-state index < -0.39 is 0 Å². The van der Waals surface area contributed by atoms with Crippen molar-refractivity contribution in [1.82, 2.24) is 9.80 Å². The van der Waals surface area contributed by atoms with E-state index in [-0.39, 0.29) is 31.7 Å². The van der Waals surface area contributed by atoms with E-state index in [4.69, 9.17) is 37.1 Å². The molecule has 7 nitrogen and oxygen atoms in total. The molecule has 9 heteroatoms. The van der Waals surface area contributed by atoms with Crippen LogP contribution in [0.5, 0.6) is 11.5 Å². The minimum Gasteiger partial charge on any atom is -0.467 e. The summed E-state index contributed by atoms with van der Waals surface area (Å²) in [6.45, 7) is 3.01. The minimum atomic E-state index is -0.305. The average molecular weight is 503 g/mol. The van der Waals surface area contributed by atoms with Gasteiger partial charge in [-0.25, -0.2) is 0 Å². The van der Waals surface area contributed by atoms with E-state index in [9.17, 15) is 9.59 Å². The van der Waals surface area contributed by atoms with Crippen molar-refractivity contribution in [1.29, 1.82) is 0 Å². The first-order valence-electron chi connectivity index (χ1n) is 10.9. The molecule has 0 fully saturated rings. The number of ether oxygens (including phenoxy) is 2. The van der Waals surface area contributed by atoms with E-state index in [0.717, 1.165) is 5.56 Å². The zero-order valence-corrected chi connectivity index (χ0v) is 20.1. The zero-order chi connectivity index (χ0) is 24.1. The van der Waals surface area contributed by atoms with Crippen LogP contribution in [0, 0.1) is 0 Å². The molecule has 2 aromatic carbocycles. The molecule has 0 saturated heterocycles. The van der Waals surface area contributed by atoms with Crippen molar-refractivity contribution in [2.24, 2.45) is 0 Å². The maximum absolute atomic E-state index is 13.4. The molecular weight excluding hydrogens is 479 g/mol. The molecule has 0 spiro atoms. The van der Waals surface area contributed by atoms with Crippen molar-refractivity contribution < 1.29 is 23.5 Å². The quantitative estimate of drug-likeness (QED) is 0.391. The Morgan fingerprint density at radius 1 is 0.941 bits per heavy atom. The second-order valence-electron chi connectivity index (χ2n) is 7.90. The van der Waals surface area contributed by atoms with Crippen molar-refractivity contribution in [3.8, 4) is 11.5 Å². The van der Waals surface area contributed by atoms with Gasteiger partial charge in [0.25, 0.3) is 5.91 Å². The Kier molecular flexibility index (Phi) is 7.65. The van der Waals surface area contributed by atoms with Gasteiger partial charge in [-0.2, -0.15) is 0 Å². The predicted octanol–water partition coefficient (Wildman–Crippen LogP) is 5.40. The van der Waals surface area contributed by atoms with Crippen molar-refractivity contribution in [2.45, 2.75) is 26.4 Å². The monoisotopic (exact) mass is 502 g/mol. The van der Waals surface area contributed by atoms with Gasteiger partial charge in [0, 0.05) is 28.7 Å². The molecule has 0 N–H and O–H groups in total. The number of hydrogen-bond donors (Lipinski definition) is 0. The minimum absolute atomic E-state index is 0.0952. The molecule has 178 valence electrons. The summed E-state index contributed by atoms with van der Waals surface area (Å²) in [6, 6.07) is 13.8. The van der Waals surface area contributed by atoms with E-state index in [0.29, 0.717) is 52.4 Å². The molecule has 1 aromatic heterocycles. The SMILES string of the molecule is CCCN(CC(=O)N(Cc1ccc2c(c1)OCO2)Cc1ccco1)C(=O)c1cc(Cl)cc(Cl)c1. The predicted molar refractivity (Wildman–Crippen MR) is 128 cm³/mol. The third kappa shape index (κ3) is 5.85. The van der Waals surface area contributed by atoms with Crippen LogP contribution in [0.15, 0.2) is 59.2 Å². The van der Waals surface area contributed by atoms with Gasteiger partial charge in [0.2, 0.25) is 12.7 Å². The third-order valence-corrected chi connectivity index (χ3v) is 5.74. The molecule has 34 heavy (non-hydrogen) atoms. The smallest absolute Gasteiger partial charge is 0.254 e. The number of furan rings is 1. The maximum atomic E-state index is 13.4. The average Bonchev–Trinajstić information content (AvgIpc) is 3.48. The Morgan fingerprint density at radius 3 is 2.41 bits per heavy atom. The van der Waals surface area contributed by atoms with Crippen LogP contribution < -0.4 is 9.47 Å². The number of rotatable bonds is 9. The molecule has 0 radical (unpaired) electrons. The van der Waals surface area contributed by atoms with E-state index in [2.05, 4.69) is 0 Å². The standard InChI is InChI=1S/C25H24Cl2N2O5/c1-2-7-28(25(31)18-10-19(26)12-20(27)11-18)15-24(30)29(14-21-4-3-8-32-21)13-17-5-6-22-23(9-17)34-16-33-22/h3-6,8-12H,2,7,13-16H2,1H3. The first-order valence-corrected chi connectivity index (χ1v) is 11.6. The molecule has 1 aliphatic rings. The summed E-state index contributed by atoms with van der Waals surface area (Å²) in [5, 5.41) is 0.724. The number of carbonyl (C=O) groups is 2.